The number of carbonyl (C=O) groups excluding carboxylic acids is 1. The molecule has 3 atom stereocenters. The first-order valence-corrected chi connectivity index (χ1v) is 9.81. The summed E-state index contributed by atoms with van der Waals surface area (Å²) in [5, 5.41) is 11.8. The summed E-state index contributed by atoms with van der Waals surface area (Å²) in [4.78, 5) is 13.9. The molecule has 0 saturated carbocycles. The number of nitrogens with one attached hydrogen (secondary N) is 1. The van der Waals surface area contributed by atoms with Crippen molar-refractivity contribution in [3.8, 4) is 0 Å². The van der Waals surface area contributed by atoms with Crippen LogP contribution in [0.15, 0.2) is 0 Å². The molecule has 0 aromatic carbocycles. The van der Waals surface area contributed by atoms with E-state index in [9.17, 15) is 4.79 Å². The van der Waals surface area contributed by atoms with Gasteiger partial charge < -0.3 is 9.88 Å². The van der Waals surface area contributed by atoms with Gasteiger partial charge in [-0.2, -0.15) is 0 Å². The topological polar surface area (TPSA) is 63.1 Å². The fourth-order valence-corrected chi connectivity index (χ4v) is 4.81. The Morgan fingerprint density at radius 1 is 1.16 bits per heavy atom. The van der Waals surface area contributed by atoms with Crippen LogP contribution in [0.25, 0.3) is 0 Å². The molecule has 2 saturated heterocycles. The van der Waals surface area contributed by atoms with Gasteiger partial charge in [0.2, 0.25) is 5.91 Å². The third kappa shape index (κ3) is 3.89. The van der Waals surface area contributed by atoms with Crippen molar-refractivity contribution < 1.29 is 4.79 Å². The van der Waals surface area contributed by atoms with Gasteiger partial charge in [0, 0.05) is 43.6 Å². The Hall–Kier alpha value is -1.43. The van der Waals surface area contributed by atoms with Crippen LogP contribution in [0.4, 0.5) is 0 Å². The fourth-order valence-electron chi connectivity index (χ4n) is 4.81. The zero-order valence-electron chi connectivity index (χ0n) is 16.3. The third-order valence-electron chi connectivity index (χ3n) is 5.90. The SMILES string of the molecule is CC(=O)N[C@H](C)CCN1C2CCC1CC(n1c(C)nnc1C(C)C)C2. The van der Waals surface area contributed by atoms with Crippen molar-refractivity contribution in [2.24, 2.45) is 0 Å². The number of aromatic nitrogens is 3. The zero-order chi connectivity index (χ0) is 18.1. The average Bonchev–Trinajstić information content (AvgIpc) is 3.01. The van der Waals surface area contributed by atoms with E-state index in [1.807, 2.05) is 0 Å². The maximum atomic E-state index is 11.2. The summed E-state index contributed by atoms with van der Waals surface area (Å²) in [6, 6.07) is 2.11. The van der Waals surface area contributed by atoms with Gasteiger partial charge in [0.25, 0.3) is 0 Å². The van der Waals surface area contributed by atoms with E-state index in [0.29, 0.717) is 24.0 Å². The van der Waals surface area contributed by atoms with Crippen LogP contribution >= 0.6 is 0 Å². The summed E-state index contributed by atoms with van der Waals surface area (Å²) in [6.45, 7) is 11.3. The molecule has 0 spiro atoms. The largest absolute Gasteiger partial charge is 0.354 e. The molecule has 1 aromatic rings. The monoisotopic (exact) mass is 347 g/mol. The number of hydrogen-bond donors (Lipinski definition) is 1. The maximum Gasteiger partial charge on any atom is 0.217 e. The number of rotatable bonds is 6. The van der Waals surface area contributed by atoms with E-state index in [1.54, 1.807) is 6.92 Å². The van der Waals surface area contributed by atoms with Gasteiger partial charge in [0.1, 0.15) is 11.6 Å². The molecule has 6 nitrogen and oxygen atoms in total. The summed E-state index contributed by atoms with van der Waals surface area (Å²) in [5.41, 5.74) is 0. The van der Waals surface area contributed by atoms with Gasteiger partial charge in [-0.25, -0.2) is 0 Å². The van der Waals surface area contributed by atoms with Crippen LogP contribution < -0.4 is 5.32 Å². The minimum absolute atomic E-state index is 0.0680. The number of carbonyl (C=O) groups is 1. The quantitative estimate of drug-likeness (QED) is 0.859. The Kier molecular flexibility index (Phi) is 5.46. The molecule has 3 rings (SSSR count). The third-order valence-corrected chi connectivity index (χ3v) is 5.90. The maximum absolute atomic E-state index is 11.2. The summed E-state index contributed by atoms with van der Waals surface area (Å²) in [6.07, 6.45) is 6.02. The van der Waals surface area contributed by atoms with Crippen LogP contribution in [0.5, 0.6) is 0 Å². The van der Waals surface area contributed by atoms with Crippen LogP contribution in [0.3, 0.4) is 0 Å². The summed E-state index contributed by atoms with van der Waals surface area (Å²) < 4.78 is 2.41. The lowest BCUT2D eigenvalue weighted by Crippen LogP contribution is -2.45. The molecule has 2 aliphatic rings. The minimum atomic E-state index is 0.0680. The number of fused-ring (bicyclic) bond motifs is 2. The van der Waals surface area contributed by atoms with Crippen molar-refractivity contribution in [2.75, 3.05) is 6.54 Å². The highest BCUT2D eigenvalue weighted by Crippen LogP contribution is 2.42. The lowest BCUT2D eigenvalue weighted by atomic mass is 9.95. The van der Waals surface area contributed by atoms with E-state index >= 15 is 0 Å². The predicted octanol–water partition coefficient (Wildman–Crippen LogP) is 2.79. The molecule has 25 heavy (non-hydrogen) atoms. The van der Waals surface area contributed by atoms with Crippen LogP contribution in [0.1, 0.15) is 83.4 Å². The smallest absolute Gasteiger partial charge is 0.217 e. The van der Waals surface area contributed by atoms with Crippen molar-refractivity contribution in [1.29, 1.82) is 0 Å². The molecule has 3 heterocycles. The van der Waals surface area contributed by atoms with E-state index in [4.69, 9.17) is 0 Å². The van der Waals surface area contributed by atoms with Gasteiger partial charge in [-0.05, 0) is 46.0 Å². The summed E-state index contributed by atoms with van der Waals surface area (Å²) >= 11 is 0. The minimum Gasteiger partial charge on any atom is -0.354 e. The van der Waals surface area contributed by atoms with Gasteiger partial charge in [0.15, 0.2) is 0 Å². The second kappa shape index (κ2) is 7.44. The lowest BCUT2D eigenvalue weighted by Gasteiger charge is -2.40. The molecule has 6 heteroatoms. The number of hydrogen-bond acceptors (Lipinski definition) is 4. The zero-order valence-corrected chi connectivity index (χ0v) is 16.3. The van der Waals surface area contributed by atoms with Crippen LogP contribution in [-0.2, 0) is 4.79 Å². The Bertz CT molecular complexity index is 597. The van der Waals surface area contributed by atoms with Gasteiger partial charge in [-0.3, -0.25) is 9.69 Å². The van der Waals surface area contributed by atoms with E-state index in [2.05, 4.69) is 52.7 Å². The predicted molar refractivity (Wildman–Crippen MR) is 98.5 cm³/mol. The van der Waals surface area contributed by atoms with Crippen LogP contribution in [-0.4, -0.2) is 50.2 Å². The second-order valence-corrected chi connectivity index (χ2v) is 8.27. The molecule has 2 fully saturated rings. The van der Waals surface area contributed by atoms with Gasteiger partial charge >= 0.3 is 0 Å². The summed E-state index contributed by atoms with van der Waals surface area (Å²) in [5.74, 6) is 2.67. The number of nitrogens with zero attached hydrogens (tertiary/aromatic N) is 4. The molecule has 2 aliphatic heterocycles. The fraction of sp³-hybridized carbons (Fsp3) is 0.842. The molecule has 0 radical (unpaired) electrons. The highest BCUT2D eigenvalue weighted by atomic mass is 16.1. The highest BCUT2D eigenvalue weighted by molar-refractivity contribution is 5.73. The lowest BCUT2D eigenvalue weighted by molar-refractivity contribution is -0.119. The van der Waals surface area contributed by atoms with Crippen molar-refractivity contribution >= 4 is 5.91 Å². The van der Waals surface area contributed by atoms with Gasteiger partial charge in [0.05, 0.1) is 0 Å². The highest BCUT2D eigenvalue weighted by Gasteiger charge is 2.41. The van der Waals surface area contributed by atoms with Crippen molar-refractivity contribution in [3.63, 3.8) is 0 Å². The van der Waals surface area contributed by atoms with Crippen molar-refractivity contribution in [3.05, 3.63) is 11.6 Å². The molecule has 2 unspecified atom stereocenters. The second-order valence-electron chi connectivity index (χ2n) is 8.27. The standard InChI is InChI=1S/C19H33N5O/c1-12(2)19-22-21-14(4)24(19)18-10-16-6-7-17(11-18)23(16)9-8-13(3)20-15(5)25/h12-13,16-18H,6-11H2,1-5H3,(H,20,25)/t13-,16?,17?,18?/m1/s1. The summed E-state index contributed by atoms with van der Waals surface area (Å²) in [7, 11) is 0. The molecule has 140 valence electrons. The molecule has 1 amide bonds. The van der Waals surface area contributed by atoms with E-state index in [0.717, 1.165) is 24.6 Å². The molecule has 1 N–H and O–H groups in total. The normalized spacial score (nSPS) is 27.7. The van der Waals surface area contributed by atoms with E-state index in [1.165, 1.54) is 25.7 Å². The van der Waals surface area contributed by atoms with Crippen molar-refractivity contribution in [2.45, 2.75) is 96.8 Å². The molecule has 0 aliphatic carbocycles. The van der Waals surface area contributed by atoms with Crippen LogP contribution in [0.2, 0.25) is 0 Å². The Balaban J connectivity index is 1.64. The van der Waals surface area contributed by atoms with E-state index < -0.39 is 0 Å². The number of piperidine rings is 1. The van der Waals surface area contributed by atoms with Crippen LogP contribution in [0, 0.1) is 6.92 Å². The molecular weight excluding hydrogens is 314 g/mol. The van der Waals surface area contributed by atoms with Gasteiger partial charge in [-0.1, -0.05) is 13.8 Å². The molecule has 1 aromatic heterocycles. The Labute approximate surface area is 151 Å². The molecular formula is C19H33N5O. The Morgan fingerprint density at radius 3 is 2.36 bits per heavy atom. The first-order chi connectivity index (χ1) is 11.9. The van der Waals surface area contributed by atoms with E-state index in [-0.39, 0.29) is 11.9 Å². The average molecular weight is 348 g/mol. The van der Waals surface area contributed by atoms with Gasteiger partial charge in [-0.15, -0.1) is 10.2 Å². The molecule has 2 bridgehead atoms. The Morgan fingerprint density at radius 2 is 1.80 bits per heavy atom. The first kappa shape index (κ1) is 18.4. The number of aryl methyl sites for hydroxylation is 1. The van der Waals surface area contributed by atoms with Crippen molar-refractivity contribution in [1.82, 2.24) is 25.0 Å². The number of amides is 1. The first-order valence-electron chi connectivity index (χ1n) is 9.81.